The minimum Gasteiger partial charge on any atom is -0.423 e. The Hall–Kier alpha value is -4.32. The summed E-state index contributed by atoms with van der Waals surface area (Å²) in [6.07, 6.45) is 8.70. The molecule has 0 radical (unpaired) electrons. The molecule has 7 rings (SSSR count). The topological polar surface area (TPSA) is 52.6 Å². The third kappa shape index (κ3) is 6.42. The minimum atomic E-state index is -0.734. The Bertz CT molecular complexity index is 1730. The van der Waals surface area contributed by atoms with Crippen molar-refractivity contribution >= 4 is 11.9 Å². The number of ether oxygens (including phenoxy) is 2. The van der Waals surface area contributed by atoms with E-state index in [1.165, 1.54) is 24.3 Å². The summed E-state index contributed by atoms with van der Waals surface area (Å²) in [5.41, 5.74) is 5.56. The molecule has 3 aliphatic rings. The zero-order chi connectivity index (χ0) is 33.5. The van der Waals surface area contributed by atoms with Crippen molar-refractivity contribution in [1.82, 2.24) is 0 Å². The molecule has 4 nitrogen and oxygen atoms in total. The third-order valence-corrected chi connectivity index (χ3v) is 11.1. The highest BCUT2D eigenvalue weighted by atomic mass is 19.1. The van der Waals surface area contributed by atoms with Gasteiger partial charge in [-0.3, -0.25) is 0 Å². The minimum absolute atomic E-state index is 0.0825. The smallest absolute Gasteiger partial charge is 0.346 e. The highest BCUT2D eigenvalue weighted by Crippen LogP contribution is 2.47. The number of carbonyl (C=O) groups excluding carboxylic acids is 2. The van der Waals surface area contributed by atoms with Crippen molar-refractivity contribution in [2.45, 2.75) is 89.9 Å². The molecule has 4 aromatic rings. The monoisotopic (exact) mass is 648 g/mol. The first-order valence-electron chi connectivity index (χ1n) is 17.5. The Labute approximate surface area is 281 Å². The Morgan fingerprint density at radius 1 is 0.542 bits per heavy atom. The number of esters is 2. The van der Waals surface area contributed by atoms with E-state index in [9.17, 15) is 9.59 Å². The second kappa shape index (κ2) is 13.3. The van der Waals surface area contributed by atoms with Crippen LogP contribution in [0.25, 0.3) is 11.1 Å². The predicted octanol–water partition coefficient (Wildman–Crippen LogP) is 11.1. The fourth-order valence-electron chi connectivity index (χ4n) is 8.00. The van der Waals surface area contributed by atoms with Gasteiger partial charge in [0.05, 0.1) is 11.1 Å². The molecule has 0 amide bonds. The molecule has 0 saturated heterocycles. The molecule has 4 aromatic carbocycles. The molecule has 0 heterocycles. The maximum absolute atomic E-state index is 15.1. The molecule has 0 atom stereocenters. The van der Waals surface area contributed by atoms with Crippen LogP contribution in [0.5, 0.6) is 11.5 Å². The fraction of sp³-hybridized carbons (Fsp3) is 0.381. The summed E-state index contributed by atoms with van der Waals surface area (Å²) in [5, 5.41) is 0. The van der Waals surface area contributed by atoms with Gasteiger partial charge in [0.25, 0.3) is 0 Å². The summed E-state index contributed by atoms with van der Waals surface area (Å²) < 4.78 is 41.5. The van der Waals surface area contributed by atoms with E-state index in [0.29, 0.717) is 35.2 Å². The van der Waals surface area contributed by atoms with Gasteiger partial charge in [0.1, 0.15) is 23.1 Å². The molecular weight excluding hydrogens is 606 g/mol. The zero-order valence-corrected chi connectivity index (χ0v) is 27.9. The lowest BCUT2D eigenvalue weighted by Gasteiger charge is -2.26. The lowest BCUT2D eigenvalue weighted by molar-refractivity contribution is 0.0720. The maximum atomic E-state index is 15.1. The highest BCUT2D eigenvalue weighted by molar-refractivity contribution is 5.92. The van der Waals surface area contributed by atoms with E-state index in [2.05, 4.69) is 13.8 Å². The summed E-state index contributed by atoms with van der Waals surface area (Å²) in [5.74, 6) is 0.0479. The van der Waals surface area contributed by atoms with Gasteiger partial charge in [-0.25, -0.2) is 18.4 Å². The van der Waals surface area contributed by atoms with Crippen LogP contribution in [-0.2, 0) is 0 Å². The molecule has 0 aliphatic heterocycles. The number of fused-ring (bicyclic) bond motifs is 3. The van der Waals surface area contributed by atoms with Crippen LogP contribution in [0.15, 0.2) is 72.8 Å². The van der Waals surface area contributed by atoms with Crippen LogP contribution in [0.3, 0.4) is 0 Å². The van der Waals surface area contributed by atoms with Gasteiger partial charge in [-0.15, -0.1) is 0 Å². The quantitative estimate of drug-likeness (QED) is 0.154. The molecule has 0 spiro atoms. The number of carbonyl (C=O) groups is 2. The van der Waals surface area contributed by atoms with E-state index in [1.54, 1.807) is 12.1 Å². The number of halogens is 2. The van der Waals surface area contributed by atoms with E-state index in [0.717, 1.165) is 84.7 Å². The van der Waals surface area contributed by atoms with Gasteiger partial charge < -0.3 is 9.47 Å². The van der Waals surface area contributed by atoms with Crippen molar-refractivity contribution in [3.63, 3.8) is 0 Å². The number of benzene rings is 4. The standard InChI is InChI=1S/C42H42F2O4/c1-24-4-8-27(9-5-24)29-12-16-35(39(43)20-29)41(45)47-31-14-18-33-34-19-15-32(23-38(34)26(3)37(33)22-31)48-42(46)36-17-13-30(21-40(36)44)28-10-6-25(2)7-11-28/h12-28H,4-11H2,1-3H3. The van der Waals surface area contributed by atoms with Gasteiger partial charge >= 0.3 is 11.9 Å². The first-order chi connectivity index (χ1) is 23.1. The van der Waals surface area contributed by atoms with E-state index < -0.39 is 23.6 Å². The Morgan fingerprint density at radius 3 is 1.31 bits per heavy atom. The Kier molecular flexibility index (Phi) is 8.93. The molecule has 0 aromatic heterocycles. The SMILES string of the molecule is CC1CCC(c2ccc(C(=O)Oc3ccc4c(c3)C(C)c3cc(OC(=O)c5ccc(C6CCC(C)CC6)cc5F)ccc3-4)c(F)c2)CC1. The summed E-state index contributed by atoms with van der Waals surface area (Å²) in [4.78, 5) is 26.1. The van der Waals surface area contributed by atoms with Crippen molar-refractivity contribution in [2.75, 3.05) is 0 Å². The van der Waals surface area contributed by atoms with Crippen LogP contribution in [-0.4, -0.2) is 11.9 Å². The molecule has 6 heteroatoms. The predicted molar refractivity (Wildman–Crippen MR) is 183 cm³/mol. The van der Waals surface area contributed by atoms with Gasteiger partial charge in [-0.1, -0.05) is 70.7 Å². The van der Waals surface area contributed by atoms with Crippen molar-refractivity contribution in [3.05, 3.63) is 118 Å². The van der Waals surface area contributed by atoms with Gasteiger partial charge in [-0.2, -0.15) is 0 Å². The van der Waals surface area contributed by atoms with Gasteiger partial charge in [-0.05, 0) is 131 Å². The highest BCUT2D eigenvalue weighted by Gasteiger charge is 2.29. The Balaban J connectivity index is 1.02. The molecular formula is C42H42F2O4. The molecule has 2 fully saturated rings. The van der Waals surface area contributed by atoms with Crippen LogP contribution in [0.1, 0.15) is 133 Å². The van der Waals surface area contributed by atoms with E-state index in [-0.39, 0.29) is 17.0 Å². The average Bonchev–Trinajstić information content (AvgIpc) is 3.35. The van der Waals surface area contributed by atoms with Crippen LogP contribution in [0, 0.1) is 23.5 Å². The van der Waals surface area contributed by atoms with Gasteiger partial charge in [0.2, 0.25) is 0 Å². The Morgan fingerprint density at radius 2 is 0.938 bits per heavy atom. The fourth-order valence-corrected chi connectivity index (χ4v) is 8.00. The van der Waals surface area contributed by atoms with E-state index >= 15 is 8.78 Å². The average molecular weight is 649 g/mol. The third-order valence-electron chi connectivity index (χ3n) is 11.1. The van der Waals surface area contributed by atoms with Crippen LogP contribution in [0.4, 0.5) is 8.78 Å². The van der Waals surface area contributed by atoms with E-state index in [1.807, 2.05) is 43.3 Å². The first kappa shape index (κ1) is 32.2. The second-order valence-electron chi connectivity index (χ2n) is 14.4. The molecule has 2 saturated carbocycles. The summed E-state index contributed by atoms with van der Waals surface area (Å²) in [7, 11) is 0. The first-order valence-corrected chi connectivity index (χ1v) is 17.5. The van der Waals surface area contributed by atoms with Crippen molar-refractivity contribution < 1.29 is 27.8 Å². The van der Waals surface area contributed by atoms with Gasteiger partial charge in [0, 0.05) is 5.92 Å². The van der Waals surface area contributed by atoms with Crippen LogP contribution < -0.4 is 9.47 Å². The molecule has 48 heavy (non-hydrogen) atoms. The van der Waals surface area contributed by atoms with E-state index in [4.69, 9.17) is 9.47 Å². The van der Waals surface area contributed by atoms with Crippen molar-refractivity contribution in [2.24, 2.45) is 11.8 Å². The molecule has 3 aliphatic carbocycles. The summed E-state index contributed by atoms with van der Waals surface area (Å²) in [6, 6.07) is 20.6. The lowest BCUT2D eigenvalue weighted by atomic mass is 9.79. The number of rotatable bonds is 6. The largest absolute Gasteiger partial charge is 0.423 e. The number of hydrogen-bond acceptors (Lipinski definition) is 4. The lowest BCUT2D eigenvalue weighted by Crippen LogP contribution is -2.14. The summed E-state index contributed by atoms with van der Waals surface area (Å²) >= 11 is 0. The van der Waals surface area contributed by atoms with Gasteiger partial charge in [0.15, 0.2) is 0 Å². The van der Waals surface area contributed by atoms with Crippen LogP contribution >= 0.6 is 0 Å². The maximum Gasteiger partial charge on any atom is 0.346 e. The van der Waals surface area contributed by atoms with Crippen molar-refractivity contribution in [1.29, 1.82) is 0 Å². The molecule has 0 N–H and O–H groups in total. The number of hydrogen-bond donors (Lipinski definition) is 0. The normalized spacial score (nSPS) is 23.2. The summed E-state index contributed by atoms with van der Waals surface area (Å²) in [6.45, 7) is 6.53. The molecule has 0 unspecified atom stereocenters. The molecule has 248 valence electrons. The molecule has 0 bridgehead atoms. The zero-order valence-electron chi connectivity index (χ0n) is 27.9. The van der Waals surface area contributed by atoms with Crippen LogP contribution in [0.2, 0.25) is 0 Å². The van der Waals surface area contributed by atoms with Crippen molar-refractivity contribution in [3.8, 4) is 22.6 Å². The second-order valence-corrected chi connectivity index (χ2v) is 14.4.